The lowest BCUT2D eigenvalue weighted by Crippen LogP contribution is -2.24. The minimum Gasteiger partial charge on any atom is -0.507 e. The Morgan fingerprint density at radius 2 is 2.19 bits per heavy atom. The summed E-state index contributed by atoms with van der Waals surface area (Å²) in [4.78, 5) is 11.6. The average molecular weight is 307 g/mol. The number of aromatic hydroxyl groups is 1. The lowest BCUT2D eigenvalue weighted by atomic mass is 10.2. The Morgan fingerprint density at radius 1 is 1.44 bits per heavy atom. The standard InChI is InChI=1S/C11H13BrClNO2/c12-8-3-4-9(10(15)7-8)11(16)14-6-2-1-5-13/h3-4,7,15H,1-2,5-6H2,(H,14,16). The third-order valence-corrected chi connectivity index (χ3v) is 2.81. The van der Waals surface area contributed by atoms with E-state index in [0.717, 1.165) is 17.3 Å². The maximum atomic E-state index is 11.6. The summed E-state index contributed by atoms with van der Waals surface area (Å²) in [5, 5.41) is 12.3. The summed E-state index contributed by atoms with van der Waals surface area (Å²) < 4.78 is 0.740. The zero-order valence-electron chi connectivity index (χ0n) is 8.67. The van der Waals surface area contributed by atoms with Crippen LogP contribution >= 0.6 is 27.5 Å². The summed E-state index contributed by atoms with van der Waals surface area (Å²) in [6, 6.07) is 4.79. The number of halogens is 2. The van der Waals surface area contributed by atoms with Crippen LogP contribution in [0, 0.1) is 0 Å². The van der Waals surface area contributed by atoms with Crippen LogP contribution in [0.15, 0.2) is 22.7 Å². The maximum absolute atomic E-state index is 11.6. The Labute approximate surface area is 108 Å². The Balaban J connectivity index is 2.53. The molecule has 0 saturated heterocycles. The fourth-order valence-electron chi connectivity index (χ4n) is 1.21. The molecule has 0 fully saturated rings. The van der Waals surface area contributed by atoms with Gasteiger partial charge in [0.2, 0.25) is 0 Å². The molecule has 0 unspecified atom stereocenters. The first-order chi connectivity index (χ1) is 7.65. The topological polar surface area (TPSA) is 49.3 Å². The molecule has 0 spiro atoms. The predicted octanol–water partition coefficient (Wildman–Crippen LogP) is 2.90. The van der Waals surface area contributed by atoms with Crippen LogP contribution in [0.5, 0.6) is 5.75 Å². The van der Waals surface area contributed by atoms with E-state index >= 15 is 0 Å². The summed E-state index contributed by atoms with van der Waals surface area (Å²) in [5.41, 5.74) is 0.286. The van der Waals surface area contributed by atoms with Crippen molar-refractivity contribution in [3.05, 3.63) is 28.2 Å². The number of carbonyl (C=O) groups is 1. The van der Waals surface area contributed by atoms with Gasteiger partial charge in [-0.15, -0.1) is 11.6 Å². The molecule has 0 radical (unpaired) electrons. The number of nitrogens with one attached hydrogen (secondary N) is 1. The molecule has 1 rings (SSSR count). The van der Waals surface area contributed by atoms with Gasteiger partial charge in [-0.05, 0) is 31.0 Å². The zero-order valence-corrected chi connectivity index (χ0v) is 11.0. The van der Waals surface area contributed by atoms with E-state index in [1.54, 1.807) is 12.1 Å². The van der Waals surface area contributed by atoms with Crippen molar-refractivity contribution in [1.82, 2.24) is 5.32 Å². The number of amides is 1. The number of benzene rings is 1. The monoisotopic (exact) mass is 305 g/mol. The van der Waals surface area contributed by atoms with Crippen LogP contribution in [0.2, 0.25) is 0 Å². The summed E-state index contributed by atoms with van der Waals surface area (Å²) in [7, 11) is 0. The third kappa shape index (κ3) is 4.02. The van der Waals surface area contributed by atoms with E-state index in [2.05, 4.69) is 21.2 Å². The lowest BCUT2D eigenvalue weighted by molar-refractivity contribution is 0.0950. The molecule has 88 valence electrons. The first-order valence-corrected chi connectivity index (χ1v) is 6.30. The summed E-state index contributed by atoms with van der Waals surface area (Å²) in [6.07, 6.45) is 1.71. The molecule has 16 heavy (non-hydrogen) atoms. The van der Waals surface area contributed by atoms with Crippen LogP contribution in [0.3, 0.4) is 0 Å². The van der Waals surface area contributed by atoms with E-state index in [9.17, 15) is 9.90 Å². The molecule has 0 saturated carbocycles. The number of hydrogen-bond acceptors (Lipinski definition) is 2. The van der Waals surface area contributed by atoms with Crippen LogP contribution in [-0.2, 0) is 0 Å². The predicted molar refractivity (Wildman–Crippen MR) is 68.1 cm³/mol. The van der Waals surface area contributed by atoms with Gasteiger partial charge < -0.3 is 10.4 Å². The van der Waals surface area contributed by atoms with E-state index in [1.807, 2.05) is 0 Å². The molecule has 0 aliphatic heterocycles. The molecular weight excluding hydrogens is 293 g/mol. The van der Waals surface area contributed by atoms with Gasteiger partial charge in [-0.3, -0.25) is 4.79 Å². The summed E-state index contributed by atoms with van der Waals surface area (Å²) in [5.74, 6) is 0.308. The van der Waals surface area contributed by atoms with Gasteiger partial charge in [0.05, 0.1) is 5.56 Å². The van der Waals surface area contributed by atoms with Crippen LogP contribution in [0.25, 0.3) is 0 Å². The molecule has 0 heterocycles. The number of hydrogen-bond donors (Lipinski definition) is 2. The third-order valence-electron chi connectivity index (χ3n) is 2.05. The van der Waals surface area contributed by atoms with Gasteiger partial charge >= 0.3 is 0 Å². The molecule has 0 aliphatic carbocycles. The van der Waals surface area contributed by atoms with Gasteiger partial charge in [0, 0.05) is 16.9 Å². The second kappa shape index (κ2) is 6.76. The molecule has 3 nitrogen and oxygen atoms in total. The van der Waals surface area contributed by atoms with Gasteiger partial charge in [-0.2, -0.15) is 0 Å². The van der Waals surface area contributed by atoms with Crippen molar-refractivity contribution >= 4 is 33.4 Å². The minimum absolute atomic E-state index is 0.0239. The molecule has 1 aromatic carbocycles. The Morgan fingerprint density at radius 3 is 2.81 bits per heavy atom. The lowest BCUT2D eigenvalue weighted by Gasteiger charge is -2.06. The number of carbonyl (C=O) groups excluding carboxylic acids is 1. The molecule has 5 heteroatoms. The number of alkyl halides is 1. The Bertz CT molecular complexity index is 371. The van der Waals surface area contributed by atoms with E-state index in [1.165, 1.54) is 6.07 Å². The molecule has 0 atom stereocenters. The van der Waals surface area contributed by atoms with Crippen molar-refractivity contribution in [2.45, 2.75) is 12.8 Å². The highest BCUT2D eigenvalue weighted by molar-refractivity contribution is 9.10. The van der Waals surface area contributed by atoms with Crippen LogP contribution in [0.4, 0.5) is 0 Å². The van der Waals surface area contributed by atoms with Gasteiger partial charge in [0.1, 0.15) is 5.75 Å². The van der Waals surface area contributed by atoms with E-state index in [0.29, 0.717) is 12.4 Å². The summed E-state index contributed by atoms with van der Waals surface area (Å²) >= 11 is 8.73. The second-order valence-electron chi connectivity index (χ2n) is 3.31. The highest BCUT2D eigenvalue weighted by Crippen LogP contribution is 2.21. The van der Waals surface area contributed by atoms with Gasteiger partial charge in [-0.25, -0.2) is 0 Å². The second-order valence-corrected chi connectivity index (χ2v) is 4.61. The van der Waals surface area contributed by atoms with Crippen molar-refractivity contribution in [1.29, 1.82) is 0 Å². The highest BCUT2D eigenvalue weighted by atomic mass is 79.9. The number of unbranched alkanes of at least 4 members (excludes halogenated alkanes) is 1. The SMILES string of the molecule is O=C(NCCCCCl)c1ccc(Br)cc1O. The fraction of sp³-hybridized carbons (Fsp3) is 0.364. The summed E-state index contributed by atoms with van der Waals surface area (Å²) in [6.45, 7) is 0.570. The van der Waals surface area contributed by atoms with Crippen molar-refractivity contribution in [2.24, 2.45) is 0 Å². The molecule has 2 N–H and O–H groups in total. The van der Waals surface area contributed by atoms with Gasteiger partial charge in [0.15, 0.2) is 0 Å². The van der Waals surface area contributed by atoms with Crippen LogP contribution < -0.4 is 5.32 Å². The molecule has 0 aliphatic rings. The van der Waals surface area contributed by atoms with Crippen molar-refractivity contribution in [2.75, 3.05) is 12.4 Å². The highest BCUT2D eigenvalue weighted by Gasteiger charge is 2.10. The van der Waals surface area contributed by atoms with E-state index in [4.69, 9.17) is 11.6 Å². The van der Waals surface area contributed by atoms with Crippen LogP contribution in [-0.4, -0.2) is 23.4 Å². The number of rotatable bonds is 5. The first-order valence-electron chi connectivity index (χ1n) is 4.98. The normalized spacial score (nSPS) is 10.1. The maximum Gasteiger partial charge on any atom is 0.255 e. The van der Waals surface area contributed by atoms with Crippen molar-refractivity contribution in [3.8, 4) is 5.75 Å². The molecule has 0 bridgehead atoms. The number of phenolic OH excluding ortho intramolecular Hbond substituents is 1. The minimum atomic E-state index is -0.264. The number of phenols is 1. The smallest absolute Gasteiger partial charge is 0.255 e. The quantitative estimate of drug-likeness (QED) is 0.649. The fourth-order valence-corrected chi connectivity index (χ4v) is 1.75. The molecule has 0 aromatic heterocycles. The van der Waals surface area contributed by atoms with Crippen molar-refractivity contribution in [3.63, 3.8) is 0 Å². The Hall–Kier alpha value is -0.740. The Kier molecular flexibility index (Phi) is 5.63. The molecule has 1 amide bonds. The van der Waals surface area contributed by atoms with Gasteiger partial charge in [0.25, 0.3) is 5.91 Å². The van der Waals surface area contributed by atoms with E-state index < -0.39 is 0 Å². The van der Waals surface area contributed by atoms with Crippen molar-refractivity contribution < 1.29 is 9.90 Å². The van der Waals surface area contributed by atoms with E-state index in [-0.39, 0.29) is 17.2 Å². The molecule has 1 aromatic rings. The van der Waals surface area contributed by atoms with Gasteiger partial charge in [-0.1, -0.05) is 15.9 Å². The van der Waals surface area contributed by atoms with Crippen LogP contribution in [0.1, 0.15) is 23.2 Å². The molecular formula is C11H13BrClNO2. The average Bonchev–Trinajstić information content (AvgIpc) is 2.24. The zero-order chi connectivity index (χ0) is 12.0. The largest absolute Gasteiger partial charge is 0.507 e. The first kappa shape index (κ1) is 13.3.